The lowest BCUT2D eigenvalue weighted by atomic mass is 10.3. The van der Waals surface area contributed by atoms with Gasteiger partial charge in [0.2, 0.25) is 5.28 Å². The summed E-state index contributed by atoms with van der Waals surface area (Å²) in [7, 11) is 0. The van der Waals surface area contributed by atoms with Gasteiger partial charge in [-0.15, -0.1) is 0 Å². The van der Waals surface area contributed by atoms with E-state index >= 15 is 0 Å². The third kappa shape index (κ3) is 2.64. The van der Waals surface area contributed by atoms with Crippen LogP contribution in [0.15, 0.2) is 30.7 Å². The van der Waals surface area contributed by atoms with Crippen LogP contribution in [-0.4, -0.2) is 27.0 Å². The van der Waals surface area contributed by atoms with Crippen LogP contribution >= 0.6 is 11.6 Å². The number of hydrogen-bond acceptors (Lipinski definition) is 4. The molecule has 6 nitrogen and oxygen atoms in total. The number of rotatable bonds is 3. The number of halogens is 1. The normalized spacial score (nSPS) is 9.78. The number of carbonyl (C=O) groups is 1. The summed E-state index contributed by atoms with van der Waals surface area (Å²) in [4.78, 5) is 19.4. The molecule has 0 aromatic carbocycles. The first-order valence-electron chi connectivity index (χ1n) is 5.03. The number of nitrogens with one attached hydrogen (secondary N) is 1. The molecule has 0 saturated heterocycles. The largest absolute Gasteiger partial charge is 0.339 e. The molecule has 1 amide bonds. The Labute approximate surface area is 108 Å². The van der Waals surface area contributed by atoms with E-state index in [0.717, 1.165) is 0 Å². The van der Waals surface area contributed by atoms with Gasteiger partial charge in [-0.25, -0.2) is 4.98 Å². The summed E-state index contributed by atoms with van der Waals surface area (Å²) in [5.41, 5.74) is 0.444. The predicted molar refractivity (Wildman–Crippen MR) is 64.3 cm³/mol. The molecule has 2 heterocycles. The summed E-state index contributed by atoms with van der Waals surface area (Å²) in [5, 5.41) is 11.0. The highest BCUT2D eigenvalue weighted by atomic mass is 35.5. The third-order valence-electron chi connectivity index (χ3n) is 2.16. The highest BCUT2D eigenvalue weighted by molar-refractivity contribution is 6.28. The molecular weight excluding hydrogens is 254 g/mol. The summed E-state index contributed by atoms with van der Waals surface area (Å²) in [6.07, 6.45) is 4.81. The molecule has 0 atom stereocenters. The molecule has 0 aliphatic heterocycles. The van der Waals surface area contributed by atoms with Gasteiger partial charge in [0, 0.05) is 18.6 Å². The maximum Gasteiger partial charge on any atom is 0.253 e. The van der Waals surface area contributed by atoms with Crippen molar-refractivity contribution in [3.63, 3.8) is 0 Å². The molecule has 18 heavy (non-hydrogen) atoms. The Balaban J connectivity index is 2.21. The van der Waals surface area contributed by atoms with Gasteiger partial charge in [0.25, 0.3) is 5.91 Å². The van der Waals surface area contributed by atoms with Crippen LogP contribution in [0.5, 0.6) is 0 Å². The van der Waals surface area contributed by atoms with Crippen molar-refractivity contribution in [2.24, 2.45) is 0 Å². The van der Waals surface area contributed by atoms with Gasteiger partial charge >= 0.3 is 0 Å². The SMILES string of the molecule is N#CCNC(=O)c1ccn(-c2ccnc(Cl)n2)c1. The van der Waals surface area contributed by atoms with Crippen LogP contribution < -0.4 is 5.32 Å². The van der Waals surface area contributed by atoms with E-state index in [1.54, 1.807) is 29.1 Å². The number of carbonyl (C=O) groups excluding carboxylic acids is 1. The van der Waals surface area contributed by atoms with Crippen molar-refractivity contribution >= 4 is 17.5 Å². The summed E-state index contributed by atoms with van der Waals surface area (Å²) in [5.74, 6) is 0.254. The zero-order valence-corrected chi connectivity index (χ0v) is 9.92. The molecule has 0 aliphatic rings. The minimum Gasteiger partial charge on any atom is -0.339 e. The van der Waals surface area contributed by atoms with E-state index in [2.05, 4.69) is 15.3 Å². The highest BCUT2D eigenvalue weighted by Gasteiger charge is 2.08. The summed E-state index contributed by atoms with van der Waals surface area (Å²) >= 11 is 5.68. The quantitative estimate of drug-likeness (QED) is 0.664. The van der Waals surface area contributed by atoms with Crippen molar-refractivity contribution in [1.29, 1.82) is 5.26 Å². The van der Waals surface area contributed by atoms with E-state index in [9.17, 15) is 4.79 Å². The van der Waals surface area contributed by atoms with E-state index < -0.39 is 0 Å². The van der Waals surface area contributed by atoms with Gasteiger partial charge in [0.1, 0.15) is 12.4 Å². The Hall–Kier alpha value is -2.39. The molecule has 2 aromatic rings. The topological polar surface area (TPSA) is 83.6 Å². The molecule has 0 spiro atoms. The van der Waals surface area contributed by atoms with Crippen LogP contribution in [0.1, 0.15) is 10.4 Å². The first-order valence-corrected chi connectivity index (χ1v) is 5.40. The maximum absolute atomic E-state index is 11.6. The zero-order chi connectivity index (χ0) is 13.0. The van der Waals surface area contributed by atoms with Crippen LogP contribution in [0.25, 0.3) is 5.82 Å². The molecule has 0 unspecified atom stereocenters. The molecule has 2 aromatic heterocycles. The summed E-state index contributed by atoms with van der Waals surface area (Å²) in [6, 6.07) is 5.13. The van der Waals surface area contributed by atoms with Crippen LogP contribution in [0.3, 0.4) is 0 Å². The molecule has 0 radical (unpaired) electrons. The van der Waals surface area contributed by atoms with E-state index in [1.807, 2.05) is 6.07 Å². The number of nitrogens with zero attached hydrogens (tertiary/aromatic N) is 4. The fourth-order valence-corrected chi connectivity index (χ4v) is 1.51. The van der Waals surface area contributed by atoms with Gasteiger partial charge in [0.15, 0.2) is 0 Å². The van der Waals surface area contributed by atoms with Gasteiger partial charge in [-0.1, -0.05) is 0 Å². The average molecular weight is 262 g/mol. The summed E-state index contributed by atoms with van der Waals surface area (Å²) in [6.45, 7) is -0.0245. The van der Waals surface area contributed by atoms with Crippen molar-refractivity contribution in [3.05, 3.63) is 41.6 Å². The van der Waals surface area contributed by atoms with Crippen LogP contribution in [0.4, 0.5) is 0 Å². The Bertz CT molecular complexity index is 616. The smallest absolute Gasteiger partial charge is 0.253 e. The molecule has 0 bridgehead atoms. The van der Waals surface area contributed by atoms with E-state index in [1.165, 1.54) is 6.20 Å². The molecule has 90 valence electrons. The van der Waals surface area contributed by atoms with Crippen LogP contribution in [0.2, 0.25) is 5.28 Å². The standard InChI is InChI=1S/C11H8ClN5O/c12-11-15-4-1-9(16-11)17-6-2-8(7-17)10(18)14-5-3-13/h1-2,4,6-7H,5H2,(H,14,18). The van der Waals surface area contributed by atoms with Crippen molar-refractivity contribution in [2.75, 3.05) is 6.54 Å². The second kappa shape index (κ2) is 5.29. The van der Waals surface area contributed by atoms with Gasteiger partial charge in [-0.2, -0.15) is 10.2 Å². The molecule has 1 N–H and O–H groups in total. The Kier molecular flexibility index (Phi) is 3.55. The fourth-order valence-electron chi connectivity index (χ4n) is 1.37. The van der Waals surface area contributed by atoms with Gasteiger partial charge in [-0.05, 0) is 23.7 Å². The zero-order valence-electron chi connectivity index (χ0n) is 9.17. The second-order valence-corrected chi connectivity index (χ2v) is 3.67. The second-order valence-electron chi connectivity index (χ2n) is 3.33. The Morgan fingerprint density at radius 3 is 3.11 bits per heavy atom. The Morgan fingerprint density at radius 2 is 2.39 bits per heavy atom. The third-order valence-corrected chi connectivity index (χ3v) is 2.34. The lowest BCUT2D eigenvalue weighted by molar-refractivity contribution is 0.0958. The number of nitriles is 1. The molecule has 0 saturated carbocycles. The number of aromatic nitrogens is 3. The first kappa shape index (κ1) is 12.1. The fraction of sp³-hybridized carbons (Fsp3) is 0.0909. The average Bonchev–Trinajstić information content (AvgIpc) is 2.85. The maximum atomic E-state index is 11.6. The minimum absolute atomic E-state index is 0.0245. The van der Waals surface area contributed by atoms with E-state index in [4.69, 9.17) is 16.9 Å². The monoisotopic (exact) mass is 261 g/mol. The van der Waals surface area contributed by atoms with Crippen molar-refractivity contribution in [3.8, 4) is 11.9 Å². The highest BCUT2D eigenvalue weighted by Crippen LogP contribution is 2.10. The van der Waals surface area contributed by atoms with Crippen molar-refractivity contribution in [1.82, 2.24) is 19.9 Å². The van der Waals surface area contributed by atoms with Gasteiger partial charge in [-0.3, -0.25) is 4.79 Å². The Morgan fingerprint density at radius 1 is 1.56 bits per heavy atom. The first-order chi connectivity index (χ1) is 8.70. The molecular formula is C11H8ClN5O. The van der Waals surface area contributed by atoms with Crippen molar-refractivity contribution < 1.29 is 4.79 Å². The van der Waals surface area contributed by atoms with E-state index in [0.29, 0.717) is 11.4 Å². The number of hydrogen-bond donors (Lipinski definition) is 1. The minimum atomic E-state index is -0.310. The number of amides is 1. The molecule has 0 fully saturated rings. The summed E-state index contributed by atoms with van der Waals surface area (Å²) < 4.78 is 1.65. The van der Waals surface area contributed by atoms with E-state index in [-0.39, 0.29) is 17.7 Å². The molecule has 2 rings (SSSR count). The van der Waals surface area contributed by atoms with Crippen LogP contribution in [-0.2, 0) is 0 Å². The lowest BCUT2D eigenvalue weighted by Crippen LogP contribution is -2.22. The molecule has 0 aliphatic carbocycles. The van der Waals surface area contributed by atoms with Gasteiger partial charge < -0.3 is 9.88 Å². The predicted octanol–water partition coefficient (Wildman–Crippen LogP) is 1.17. The van der Waals surface area contributed by atoms with Crippen molar-refractivity contribution in [2.45, 2.75) is 0 Å². The van der Waals surface area contributed by atoms with Crippen LogP contribution in [0, 0.1) is 11.3 Å². The molecule has 7 heteroatoms. The van der Waals surface area contributed by atoms with Gasteiger partial charge in [0.05, 0.1) is 11.6 Å². The lowest BCUT2D eigenvalue weighted by Gasteiger charge is -2.01.